The summed E-state index contributed by atoms with van der Waals surface area (Å²) in [7, 11) is 7.74. The maximum atomic E-state index is 11.9. The Bertz CT molecular complexity index is 1100. The quantitative estimate of drug-likeness (QED) is 0.387. The number of aromatic nitrogens is 1. The van der Waals surface area contributed by atoms with Crippen LogP contribution in [-0.2, 0) is 30.4 Å². The third-order valence-electron chi connectivity index (χ3n) is 5.65. The molecule has 0 aliphatic rings. The zero-order chi connectivity index (χ0) is 24.5. The van der Waals surface area contributed by atoms with E-state index < -0.39 is 5.97 Å². The molecule has 0 spiro atoms. The highest BCUT2D eigenvalue weighted by atomic mass is 16.5. The van der Waals surface area contributed by atoms with Crippen LogP contribution in [0.4, 0.5) is 0 Å². The van der Waals surface area contributed by atoms with Crippen molar-refractivity contribution in [2.75, 3.05) is 35.5 Å². The second kappa shape index (κ2) is 11.9. The standard InChI is InChI=1S/C27H31NO6/c1-30-23-13-18(10-11-22(23)27(29)34-5)6-8-20-12-21(17-28-16-20)9-7-19-14-24(31-2)26(33-4)25(15-19)32-3/h10-17H,6-9H2,1-5H3. The van der Waals surface area contributed by atoms with Gasteiger partial charge in [-0.3, -0.25) is 4.98 Å². The number of aryl methyl sites for hydroxylation is 4. The predicted octanol–water partition coefficient (Wildman–Crippen LogP) is 4.47. The highest BCUT2D eigenvalue weighted by Gasteiger charge is 2.14. The fourth-order valence-corrected chi connectivity index (χ4v) is 3.84. The van der Waals surface area contributed by atoms with Crippen LogP contribution in [0.1, 0.15) is 32.6 Å². The zero-order valence-corrected chi connectivity index (χ0v) is 20.3. The van der Waals surface area contributed by atoms with E-state index in [1.165, 1.54) is 7.11 Å². The van der Waals surface area contributed by atoms with Crippen LogP contribution >= 0.6 is 0 Å². The molecular formula is C27H31NO6. The van der Waals surface area contributed by atoms with Crippen LogP contribution in [0.15, 0.2) is 48.8 Å². The summed E-state index contributed by atoms with van der Waals surface area (Å²) in [6.45, 7) is 0. The zero-order valence-electron chi connectivity index (χ0n) is 20.3. The summed E-state index contributed by atoms with van der Waals surface area (Å²) in [6.07, 6.45) is 7.06. The van der Waals surface area contributed by atoms with Gasteiger partial charge in [0, 0.05) is 12.4 Å². The Morgan fingerprint density at radius 2 is 1.18 bits per heavy atom. The predicted molar refractivity (Wildman–Crippen MR) is 129 cm³/mol. The van der Waals surface area contributed by atoms with Gasteiger partial charge in [0.05, 0.1) is 35.5 Å². The van der Waals surface area contributed by atoms with Crippen molar-refractivity contribution in [2.24, 2.45) is 0 Å². The lowest BCUT2D eigenvalue weighted by Gasteiger charge is -2.14. The van der Waals surface area contributed by atoms with Crippen molar-refractivity contribution in [1.29, 1.82) is 0 Å². The number of rotatable bonds is 11. The molecule has 3 aromatic rings. The monoisotopic (exact) mass is 465 g/mol. The Morgan fingerprint density at radius 1 is 0.647 bits per heavy atom. The first kappa shape index (κ1) is 24.9. The molecule has 0 atom stereocenters. The number of ether oxygens (including phenoxy) is 5. The van der Waals surface area contributed by atoms with E-state index in [2.05, 4.69) is 11.1 Å². The van der Waals surface area contributed by atoms with E-state index in [-0.39, 0.29) is 0 Å². The van der Waals surface area contributed by atoms with Gasteiger partial charge in [-0.05, 0) is 72.2 Å². The van der Waals surface area contributed by atoms with E-state index in [1.807, 2.05) is 36.7 Å². The Morgan fingerprint density at radius 3 is 1.71 bits per heavy atom. The van der Waals surface area contributed by atoms with Gasteiger partial charge >= 0.3 is 5.97 Å². The summed E-state index contributed by atoms with van der Waals surface area (Å²) in [6, 6.07) is 11.7. The van der Waals surface area contributed by atoms with Gasteiger partial charge < -0.3 is 23.7 Å². The minimum Gasteiger partial charge on any atom is -0.496 e. The largest absolute Gasteiger partial charge is 0.496 e. The molecule has 34 heavy (non-hydrogen) atoms. The van der Waals surface area contributed by atoms with E-state index in [1.54, 1.807) is 34.5 Å². The fraction of sp³-hybridized carbons (Fsp3) is 0.333. The van der Waals surface area contributed by atoms with Crippen LogP contribution in [-0.4, -0.2) is 46.5 Å². The van der Waals surface area contributed by atoms with Gasteiger partial charge in [-0.2, -0.15) is 0 Å². The molecule has 0 N–H and O–H groups in total. The number of carbonyl (C=O) groups excluding carboxylic acids is 1. The second-order valence-corrected chi connectivity index (χ2v) is 7.76. The van der Waals surface area contributed by atoms with Gasteiger partial charge in [-0.25, -0.2) is 4.79 Å². The molecule has 7 heteroatoms. The summed E-state index contributed by atoms with van der Waals surface area (Å²) < 4.78 is 26.5. The molecule has 180 valence electrons. The molecule has 0 aliphatic heterocycles. The Labute approximate surface area is 200 Å². The summed E-state index contributed by atoms with van der Waals surface area (Å²) in [5, 5.41) is 0. The van der Waals surface area contributed by atoms with Gasteiger partial charge in [0.15, 0.2) is 11.5 Å². The second-order valence-electron chi connectivity index (χ2n) is 7.76. The Balaban J connectivity index is 1.66. The first-order chi connectivity index (χ1) is 16.5. The first-order valence-corrected chi connectivity index (χ1v) is 11.0. The van der Waals surface area contributed by atoms with Crippen molar-refractivity contribution in [2.45, 2.75) is 25.7 Å². The van der Waals surface area contributed by atoms with Gasteiger partial charge in [0.25, 0.3) is 0 Å². The van der Waals surface area contributed by atoms with Crippen LogP contribution in [0, 0.1) is 0 Å². The minimum atomic E-state index is -0.410. The van der Waals surface area contributed by atoms with E-state index in [0.29, 0.717) is 28.6 Å². The van der Waals surface area contributed by atoms with Gasteiger partial charge in [0.2, 0.25) is 5.75 Å². The van der Waals surface area contributed by atoms with E-state index >= 15 is 0 Å². The SMILES string of the molecule is COC(=O)c1ccc(CCc2cncc(CCc3cc(OC)c(OC)c(OC)c3)c2)cc1OC. The number of carbonyl (C=O) groups is 1. The van der Waals surface area contributed by atoms with Crippen LogP contribution in [0.25, 0.3) is 0 Å². The number of benzene rings is 2. The number of pyridine rings is 1. The number of hydrogen-bond donors (Lipinski definition) is 0. The molecule has 0 fully saturated rings. The molecule has 3 rings (SSSR count). The van der Waals surface area contributed by atoms with Gasteiger partial charge in [0.1, 0.15) is 11.3 Å². The van der Waals surface area contributed by atoms with Crippen molar-refractivity contribution in [1.82, 2.24) is 4.98 Å². The summed E-state index contributed by atoms with van der Waals surface area (Å²) in [5.41, 5.74) is 4.90. The molecule has 0 radical (unpaired) electrons. The molecule has 0 saturated heterocycles. The number of methoxy groups -OCH3 is 5. The topological polar surface area (TPSA) is 76.1 Å². The van der Waals surface area contributed by atoms with Crippen molar-refractivity contribution in [3.05, 3.63) is 76.6 Å². The molecule has 0 amide bonds. The van der Waals surface area contributed by atoms with Crippen molar-refractivity contribution in [3.63, 3.8) is 0 Å². The molecule has 7 nitrogen and oxygen atoms in total. The Hall–Kier alpha value is -3.74. The molecule has 2 aromatic carbocycles. The highest BCUT2D eigenvalue weighted by Crippen LogP contribution is 2.38. The number of nitrogens with zero attached hydrogens (tertiary/aromatic N) is 1. The summed E-state index contributed by atoms with van der Waals surface area (Å²) in [4.78, 5) is 16.3. The van der Waals surface area contributed by atoms with Crippen molar-refractivity contribution < 1.29 is 28.5 Å². The highest BCUT2D eigenvalue weighted by molar-refractivity contribution is 5.92. The van der Waals surface area contributed by atoms with Gasteiger partial charge in [-0.1, -0.05) is 12.1 Å². The average molecular weight is 466 g/mol. The summed E-state index contributed by atoms with van der Waals surface area (Å²) >= 11 is 0. The van der Waals surface area contributed by atoms with E-state index in [9.17, 15) is 4.79 Å². The van der Waals surface area contributed by atoms with Crippen molar-refractivity contribution >= 4 is 5.97 Å². The lowest BCUT2D eigenvalue weighted by molar-refractivity contribution is 0.0597. The lowest BCUT2D eigenvalue weighted by Crippen LogP contribution is -2.05. The average Bonchev–Trinajstić information content (AvgIpc) is 2.89. The van der Waals surface area contributed by atoms with Gasteiger partial charge in [-0.15, -0.1) is 0 Å². The van der Waals surface area contributed by atoms with Crippen LogP contribution < -0.4 is 18.9 Å². The van der Waals surface area contributed by atoms with Crippen LogP contribution in [0.3, 0.4) is 0 Å². The number of hydrogen-bond acceptors (Lipinski definition) is 7. The lowest BCUT2D eigenvalue weighted by atomic mass is 10.0. The van der Waals surface area contributed by atoms with Crippen LogP contribution in [0.2, 0.25) is 0 Å². The molecule has 1 aromatic heterocycles. The maximum absolute atomic E-state index is 11.9. The smallest absolute Gasteiger partial charge is 0.341 e. The fourth-order valence-electron chi connectivity index (χ4n) is 3.84. The molecule has 0 aliphatic carbocycles. The molecule has 1 heterocycles. The molecular weight excluding hydrogens is 434 g/mol. The molecule has 0 bridgehead atoms. The normalized spacial score (nSPS) is 10.5. The molecule has 0 unspecified atom stereocenters. The first-order valence-electron chi connectivity index (χ1n) is 11.0. The molecule has 0 saturated carbocycles. The summed E-state index contributed by atoms with van der Waals surface area (Å²) in [5.74, 6) is 2.00. The number of esters is 1. The van der Waals surface area contributed by atoms with Crippen LogP contribution in [0.5, 0.6) is 23.0 Å². The van der Waals surface area contributed by atoms with E-state index in [0.717, 1.165) is 47.9 Å². The maximum Gasteiger partial charge on any atom is 0.341 e. The third kappa shape index (κ3) is 5.98. The third-order valence-corrected chi connectivity index (χ3v) is 5.65. The minimum absolute atomic E-state index is 0.410. The Kier molecular flexibility index (Phi) is 8.73. The van der Waals surface area contributed by atoms with Crippen molar-refractivity contribution in [3.8, 4) is 23.0 Å². The van der Waals surface area contributed by atoms with E-state index in [4.69, 9.17) is 23.7 Å².